The van der Waals surface area contributed by atoms with Crippen molar-refractivity contribution in [2.75, 3.05) is 20.3 Å². The minimum atomic E-state index is -0.201. The van der Waals surface area contributed by atoms with Gasteiger partial charge in [0.1, 0.15) is 0 Å². The fourth-order valence-corrected chi connectivity index (χ4v) is 2.43. The second-order valence-electron chi connectivity index (χ2n) is 5.48. The standard InChI is InChI=1S/C16H23NO4/c1-11(9-16(18)19-2)8-13(17)12-4-5-14-15(10-12)21-7-3-6-20-14/h4-5,10-11,13H,3,6-9,17H2,1-2H3. The van der Waals surface area contributed by atoms with Crippen LogP contribution in [0.3, 0.4) is 0 Å². The fraction of sp³-hybridized carbons (Fsp3) is 0.562. The molecule has 2 atom stereocenters. The van der Waals surface area contributed by atoms with Gasteiger partial charge in [-0.3, -0.25) is 4.79 Å². The van der Waals surface area contributed by atoms with Crippen LogP contribution in [0, 0.1) is 5.92 Å². The van der Waals surface area contributed by atoms with Crippen LogP contribution in [0.4, 0.5) is 0 Å². The summed E-state index contributed by atoms with van der Waals surface area (Å²) in [6.07, 6.45) is 1.98. The molecule has 0 saturated heterocycles. The van der Waals surface area contributed by atoms with Crippen LogP contribution in [0.15, 0.2) is 18.2 Å². The van der Waals surface area contributed by atoms with Crippen molar-refractivity contribution < 1.29 is 19.0 Å². The summed E-state index contributed by atoms with van der Waals surface area (Å²) in [5.41, 5.74) is 7.23. The second-order valence-corrected chi connectivity index (χ2v) is 5.48. The highest BCUT2D eigenvalue weighted by atomic mass is 16.5. The largest absolute Gasteiger partial charge is 0.490 e. The van der Waals surface area contributed by atoms with E-state index in [0.29, 0.717) is 19.6 Å². The maximum absolute atomic E-state index is 11.3. The van der Waals surface area contributed by atoms with E-state index in [9.17, 15) is 4.79 Å². The molecule has 0 aromatic heterocycles. The Morgan fingerprint density at radius 3 is 2.76 bits per heavy atom. The van der Waals surface area contributed by atoms with Crippen molar-refractivity contribution in [3.05, 3.63) is 23.8 Å². The van der Waals surface area contributed by atoms with Crippen molar-refractivity contribution in [2.24, 2.45) is 11.7 Å². The molecular formula is C16H23NO4. The van der Waals surface area contributed by atoms with E-state index in [1.807, 2.05) is 25.1 Å². The Hall–Kier alpha value is -1.75. The summed E-state index contributed by atoms with van der Waals surface area (Å²) in [7, 11) is 1.40. The predicted octanol–water partition coefficient (Wildman–Crippen LogP) is 2.44. The first-order valence-corrected chi connectivity index (χ1v) is 7.32. The number of rotatable bonds is 5. The van der Waals surface area contributed by atoms with Crippen LogP contribution in [0.25, 0.3) is 0 Å². The molecule has 1 heterocycles. The van der Waals surface area contributed by atoms with Gasteiger partial charge < -0.3 is 19.9 Å². The third kappa shape index (κ3) is 4.36. The first-order chi connectivity index (χ1) is 10.1. The van der Waals surface area contributed by atoms with E-state index in [2.05, 4.69) is 4.74 Å². The lowest BCUT2D eigenvalue weighted by molar-refractivity contribution is -0.141. The molecule has 5 nitrogen and oxygen atoms in total. The Morgan fingerprint density at radius 1 is 1.33 bits per heavy atom. The molecular weight excluding hydrogens is 270 g/mol. The number of carbonyl (C=O) groups excluding carboxylic acids is 1. The molecule has 1 aliphatic rings. The smallest absolute Gasteiger partial charge is 0.305 e. The van der Waals surface area contributed by atoms with Crippen LogP contribution < -0.4 is 15.2 Å². The van der Waals surface area contributed by atoms with Crippen molar-refractivity contribution in [3.63, 3.8) is 0 Å². The molecule has 1 aliphatic heterocycles. The summed E-state index contributed by atoms with van der Waals surface area (Å²) < 4.78 is 16.0. The van der Waals surface area contributed by atoms with E-state index < -0.39 is 0 Å². The number of nitrogens with two attached hydrogens (primary N) is 1. The number of methoxy groups -OCH3 is 1. The average molecular weight is 293 g/mol. The number of benzene rings is 1. The summed E-state index contributed by atoms with van der Waals surface area (Å²) in [5, 5.41) is 0. The van der Waals surface area contributed by atoms with Crippen LogP contribution in [0.5, 0.6) is 11.5 Å². The fourth-order valence-electron chi connectivity index (χ4n) is 2.43. The number of hydrogen-bond acceptors (Lipinski definition) is 5. The first kappa shape index (κ1) is 15.6. The van der Waals surface area contributed by atoms with Gasteiger partial charge in [-0.05, 0) is 30.0 Å². The highest BCUT2D eigenvalue weighted by Gasteiger charge is 2.17. The molecule has 116 valence electrons. The van der Waals surface area contributed by atoms with Gasteiger partial charge >= 0.3 is 5.97 Å². The Balaban J connectivity index is 2.00. The number of ether oxygens (including phenoxy) is 3. The molecule has 2 N–H and O–H groups in total. The van der Waals surface area contributed by atoms with Crippen molar-refractivity contribution in [3.8, 4) is 11.5 Å². The van der Waals surface area contributed by atoms with E-state index in [1.54, 1.807) is 0 Å². The maximum atomic E-state index is 11.3. The molecule has 2 unspecified atom stereocenters. The maximum Gasteiger partial charge on any atom is 0.305 e. The van der Waals surface area contributed by atoms with Crippen molar-refractivity contribution in [1.29, 1.82) is 0 Å². The Bertz CT molecular complexity index is 489. The van der Waals surface area contributed by atoms with E-state index in [1.165, 1.54) is 7.11 Å². The lowest BCUT2D eigenvalue weighted by Crippen LogP contribution is -2.16. The molecule has 0 saturated carbocycles. The van der Waals surface area contributed by atoms with Gasteiger partial charge in [-0.1, -0.05) is 13.0 Å². The summed E-state index contributed by atoms with van der Waals surface area (Å²) in [5.74, 6) is 1.49. The Morgan fingerprint density at radius 2 is 2.05 bits per heavy atom. The molecule has 0 amide bonds. The van der Waals surface area contributed by atoms with Gasteiger partial charge in [0.2, 0.25) is 0 Å². The van der Waals surface area contributed by atoms with Crippen molar-refractivity contribution >= 4 is 5.97 Å². The van der Waals surface area contributed by atoms with Crippen LogP contribution >= 0.6 is 0 Å². The summed E-state index contributed by atoms with van der Waals surface area (Å²) in [6, 6.07) is 5.67. The normalized spacial score (nSPS) is 16.7. The first-order valence-electron chi connectivity index (χ1n) is 7.32. The SMILES string of the molecule is COC(=O)CC(C)CC(N)c1ccc2c(c1)OCCCO2. The zero-order valence-corrected chi connectivity index (χ0v) is 12.6. The van der Waals surface area contributed by atoms with Crippen molar-refractivity contribution in [1.82, 2.24) is 0 Å². The summed E-state index contributed by atoms with van der Waals surface area (Å²) in [4.78, 5) is 11.3. The zero-order valence-electron chi connectivity index (χ0n) is 12.6. The van der Waals surface area contributed by atoms with Gasteiger partial charge in [0, 0.05) is 18.9 Å². The molecule has 0 fully saturated rings. The third-order valence-corrected chi connectivity index (χ3v) is 3.60. The van der Waals surface area contributed by atoms with Crippen LogP contribution in [-0.2, 0) is 9.53 Å². The topological polar surface area (TPSA) is 70.8 Å². The van der Waals surface area contributed by atoms with Gasteiger partial charge in [0.25, 0.3) is 0 Å². The molecule has 0 spiro atoms. The molecule has 5 heteroatoms. The van der Waals surface area contributed by atoms with Crippen LogP contribution in [0.2, 0.25) is 0 Å². The highest BCUT2D eigenvalue weighted by molar-refractivity contribution is 5.69. The van der Waals surface area contributed by atoms with Gasteiger partial charge in [-0.2, -0.15) is 0 Å². The lowest BCUT2D eigenvalue weighted by Gasteiger charge is -2.18. The lowest BCUT2D eigenvalue weighted by atomic mass is 9.94. The number of hydrogen-bond donors (Lipinski definition) is 1. The van der Waals surface area contributed by atoms with E-state index in [4.69, 9.17) is 15.2 Å². The van der Waals surface area contributed by atoms with E-state index >= 15 is 0 Å². The number of esters is 1. The molecule has 1 aromatic carbocycles. The van der Waals surface area contributed by atoms with Crippen molar-refractivity contribution in [2.45, 2.75) is 32.2 Å². The van der Waals surface area contributed by atoms with Crippen LogP contribution in [-0.4, -0.2) is 26.3 Å². The predicted molar refractivity (Wildman–Crippen MR) is 79.4 cm³/mol. The average Bonchev–Trinajstić information content (AvgIpc) is 2.71. The molecule has 0 radical (unpaired) electrons. The molecule has 1 aromatic rings. The van der Waals surface area contributed by atoms with Gasteiger partial charge in [0.15, 0.2) is 11.5 Å². The van der Waals surface area contributed by atoms with Gasteiger partial charge in [0.05, 0.1) is 20.3 Å². The number of fused-ring (bicyclic) bond motifs is 1. The van der Waals surface area contributed by atoms with Crippen LogP contribution in [0.1, 0.15) is 37.8 Å². The zero-order chi connectivity index (χ0) is 15.2. The van der Waals surface area contributed by atoms with E-state index in [0.717, 1.165) is 29.9 Å². The number of carbonyl (C=O) groups is 1. The van der Waals surface area contributed by atoms with Gasteiger partial charge in [-0.15, -0.1) is 0 Å². The minimum Gasteiger partial charge on any atom is -0.490 e. The quantitative estimate of drug-likeness (QED) is 0.844. The molecule has 2 rings (SSSR count). The molecule has 21 heavy (non-hydrogen) atoms. The Kier molecular flexibility index (Phi) is 5.44. The third-order valence-electron chi connectivity index (χ3n) is 3.60. The highest BCUT2D eigenvalue weighted by Crippen LogP contribution is 2.33. The van der Waals surface area contributed by atoms with Gasteiger partial charge in [-0.25, -0.2) is 0 Å². The minimum absolute atomic E-state index is 0.137. The van der Waals surface area contributed by atoms with E-state index in [-0.39, 0.29) is 17.9 Å². The molecule has 0 bridgehead atoms. The summed E-state index contributed by atoms with van der Waals surface area (Å²) in [6.45, 7) is 3.33. The monoisotopic (exact) mass is 293 g/mol. The summed E-state index contributed by atoms with van der Waals surface area (Å²) >= 11 is 0. The Labute approximate surface area is 125 Å². The molecule has 0 aliphatic carbocycles. The second kappa shape index (κ2) is 7.31.